The molecule has 0 saturated carbocycles. The zero-order valence-electron chi connectivity index (χ0n) is 28.3. The molecule has 12 nitrogen and oxygen atoms in total. The molecule has 0 radical (unpaired) electrons. The maximum Gasteiger partial charge on any atom is 0.338 e. The SMILES string of the molecule is CO[C@H](C[C@@H](C)[C@@H](O)/C=C/C=C/CNC(=O)C(C)(C)[C@H](O)/C(C)=C/C=C/C=C/Cc1cnco1)[C@@]1(O)[C@@H](C)C(=O)N(C)[C@@]12COC2=O. The molecule has 3 rings (SSSR count). The first-order valence-corrected chi connectivity index (χ1v) is 15.7. The number of carbonyl (C=O) groups excluding carboxylic acids is 3. The van der Waals surface area contributed by atoms with Gasteiger partial charge in [0.05, 0.1) is 35.8 Å². The van der Waals surface area contributed by atoms with Gasteiger partial charge in [0.15, 0.2) is 6.39 Å². The number of hydrogen-bond donors (Lipinski definition) is 4. The highest BCUT2D eigenvalue weighted by atomic mass is 16.6. The monoisotopic (exact) mass is 655 g/mol. The first kappa shape index (κ1) is 37.6. The predicted octanol–water partition coefficient (Wildman–Crippen LogP) is 2.43. The number of allylic oxidation sites excluding steroid dienone is 7. The van der Waals surface area contributed by atoms with Crippen LogP contribution in [-0.4, -0.2) is 99.7 Å². The highest BCUT2D eigenvalue weighted by Gasteiger charge is 2.77. The number of aliphatic hydroxyl groups is 3. The van der Waals surface area contributed by atoms with Crippen LogP contribution in [0.4, 0.5) is 0 Å². The van der Waals surface area contributed by atoms with E-state index in [1.165, 1.54) is 25.5 Å². The Hall–Kier alpha value is -3.84. The fraction of sp³-hybridized carbons (Fsp3) is 0.543. The van der Waals surface area contributed by atoms with Crippen LogP contribution in [0.1, 0.15) is 46.8 Å². The van der Waals surface area contributed by atoms with Gasteiger partial charge >= 0.3 is 5.97 Å². The second kappa shape index (κ2) is 15.8. The first-order chi connectivity index (χ1) is 22.2. The number of hydrogen-bond acceptors (Lipinski definition) is 10. The zero-order chi connectivity index (χ0) is 35.0. The quantitative estimate of drug-likeness (QED) is 0.153. The summed E-state index contributed by atoms with van der Waals surface area (Å²) in [6, 6.07) is 0. The number of rotatable bonds is 16. The van der Waals surface area contributed by atoms with Gasteiger partial charge in [-0.05, 0) is 38.7 Å². The van der Waals surface area contributed by atoms with Crippen molar-refractivity contribution < 1.29 is 43.6 Å². The number of likely N-dealkylation sites (tertiary alicyclic amines) is 1. The lowest BCUT2D eigenvalue weighted by Crippen LogP contribution is -2.76. The van der Waals surface area contributed by atoms with E-state index in [1.807, 2.05) is 18.2 Å². The van der Waals surface area contributed by atoms with E-state index in [1.54, 1.807) is 77.3 Å². The third kappa shape index (κ3) is 7.67. The first-order valence-electron chi connectivity index (χ1n) is 15.7. The summed E-state index contributed by atoms with van der Waals surface area (Å²) in [4.78, 5) is 43.3. The summed E-state index contributed by atoms with van der Waals surface area (Å²) in [6.45, 7) is 8.54. The molecular formula is C35H49N3O9. The molecule has 1 aromatic heterocycles. The van der Waals surface area contributed by atoms with E-state index in [0.717, 1.165) is 5.76 Å². The van der Waals surface area contributed by atoms with Crippen LogP contribution in [0.2, 0.25) is 0 Å². The minimum atomic E-state index is -1.83. The number of oxazole rings is 1. The predicted molar refractivity (Wildman–Crippen MR) is 174 cm³/mol. The van der Waals surface area contributed by atoms with E-state index >= 15 is 0 Å². The Labute approximate surface area is 276 Å². The lowest BCUT2D eigenvalue weighted by atomic mass is 9.68. The molecule has 2 aliphatic heterocycles. The zero-order valence-corrected chi connectivity index (χ0v) is 28.3. The van der Waals surface area contributed by atoms with Crippen molar-refractivity contribution in [3.8, 4) is 0 Å². The molecular weight excluding hydrogens is 606 g/mol. The fourth-order valence-electron chi connectivity index (χ4n) is 6.11. The minimum Gasteiger partial charge on any atom is -0.460 e. The number of amides is 2. The lowest BCUT2D eigenvalue weighted by molar-refractivity contribution is -0.235. The van der Waals surface area contributed by atoms with Gasteiger partial charge in [0.2, 0.25) is 17.4 Å². The van der Waals surface area contributed by atoms with Gasteiger partial charge in [-0.1, -0.05) is 68.5 Å². The second-order valence-corrected chi connectivity index (χ2v) is 12.9. The number of cyclic esters (lactones) is 1. The molecule has 2 saturated heterocycles. The number of esters is 1. The van der Waals surface area contributed by atoms with E-state index in [0.29, 0.717) is 12.0 Å². The van der Waals surface area contributed by atoms with Crippen LogP contribution in [0.5, 0.6) is 0 Å². The van der Waals surface area contributed by atoms with Crippen molar-refractivity contribution in [3.05, 3.63) is 78.6 Å². The van der Waals surface area contributed by atoms with Crippen molar-refractivity contribution in [1.82, 2.24) is 15.2 Å². The van der Waals surface area contributed by atoms with Crippen molar-refractivity contribution in [2.24, 2.45) is 17.3 Å². The van der Waals surface area contributed by atoms with Gasteiger partial charge in [0.25, 0.3) is 0 Å². The molecule has 2 fully saturated rings. The van der Waals surface area contributed by atoms with E-state index in [-0.39, 0.29) is 31.4 Å². The molecule has 47 heavy (non-hydrogen) atoms. The Morgan fingerprint density at radius 2 is 1.91 bits per heavy atom. The summed E-state index contributed by atoms with van der Waals surface area (Å²) < 4.78 is 15.8. The number of ether oxygens (including phenoxy) is 2. The highest BCUT2D eigenvalue weighted by Crippen LogP contribution is 2.51. The topological polar surface area (TPSA) is 172 Å². The number of aromatic nitrogens is 1. The number of methoxy groups -OCH3 is 1. The van der Waals surface area contributed by atoms with Gasteiger partial charge < -0.3 is 39.4 Å². The summed E-state index contributed by atoms with van der Waals surface area (Å²) in [7, 11) is 2.88. The fourth-order valence-corrected chi connectivity index (χ4v) is 6.11. The molecule has 2 amide bonds. The van der Waals surface area contributed by atoms with Crippen molar-refractivity contribution in [3.63, 3.8) is 0 Å². The van der Waals surface area contributed by atoms with Crippen molar-refractivity contribution in [2.45, 2.75) is 76.9 Å². The average molecular weight is 656 g/mol. The molecule has 12 heteroatoms. The van der Waals surface area contributed by atoms with Gasteiger partial charge in [0, 0.05) is 27.1 Å². The summed E-state index contributed by atoms with van der Waals surface area (Å²) in [5, 5.41) is 36.2. The van der Waals surface area contributed by atoms with Crippen LogP contribution < -0.4 is 5.32 Å². The molecule has 4 N–H and O–H groups in total. The molecule has 1 spiro atoms. The Balaban J connectivity index is 1.48. The van der Waals surface area contributed by atoms with Crippen LogP contribution in [0.3, 0.4) is 0 Å². The van der Waals surface area contributed by atoms with E-state index in [2.05, 4.69) is 10.3 Å². The van der Waals surface area contributed by atoms with Gasteiger partial charge in [-0.15, -0.1) is 0 Å². The molecule has 0 unspecified atom stereocenters. The third-order valence-electron chi connectivity index (χ3n) is 9.45. The minimum absolute atomic E-state index is 0.124. The number of aliphatic hydroxyl groups excluding tert-OH is 2. The Bertz CT molecular complexity index is 1400. The van der Waals surface area contributed by atoms with Crippen LogP contribution >= 0.6 is 0 Å². The smallest absolute Gasteiger partial charge is 0.338 e. The third-order valence-corrected chi connectivity index (χ3v) is 9.45. The van der Waals surface area contributed by atoms with E-state index < -0.39 is 52.7 Å². The maximum absolute atomic E-state index is 12.9. The molecule has 3 heterocycles. The van der Waals surface area contributed by atoms with Crippen molar-refractivity contribution in [2.75, 3.05) is 27.3 Å². The second-order valence-electron chi connectivity index (χ2n) is 12.9. The Morgan fingerprint density at radius 3 is 2.51 bits per heavy atom. The highest BCUT2D eigenvalue weighted by molar-refractivity contribution is 5.99. The van der Waals surface area contributed by atoms with Gasteiger partial charge in [-0.3, -0.25) is 9.59 Å². The van der Waals surface area contributed by atoms with Crippen molar-refractivity contribution >= 4 is 17.8 Å². The molecule has 1 aromatic rings. The van der Waals surface area contributed by atoms with Crippen LogP contribution in [-0.2, 0) is 30.3 Å². The van der Waals surface area contributed by atoms with Crippen molar-refractivity contribution in [1.29, 1.82) is 0 Å². The Kier molecular flexibility index (Phi) is 12.7. The van der Waals surface area contributed by atoms with E-state index in [4.69, 9.17) is 13.9 Å². The normalized spacial score (nSPS) is 26.5. The maximum atomic E-state index is 12.9. The average Bonchev–Trinajstić information content (AvgIpc) is 3.62. The summed E-state index contributed by atoms with van der Waals surface area (Å²) in [5.74, 6) is -1.92. The number of likely N-dealkylation sites (N-methyl/N-ethyl adjacent to an activating group) is 1. The standard InChI is InChI=1S/C35H49N3O9/c1-23(15-11-8-9-12-16-26-20-36-22-47-26)29(40)33(4,5)31(42)37-18-14-10-13-17-27(39)24(2)19-28(45-7)35(44)25(3)30(41)38(6)34(35)21-46-32(34)43/h8-15,17,20,22,24-25,27-29,39-40,44H,16,18-19,21H2,1-7H3,(H,37,42)/b11-8+,12-9+,14-10+,17-13+,23-15+/t24-,25+,27+,28-,29-,34-,35+/m1/s1. The number of nitrogens with zero attached hydrogens (tertiary/aromatic N) is 2. The summed E-state index contributed by atoms with van der Waals surface area (Å²) in [5.41, 5.74) is -3.80. The molecule has 7 atom stereocenters. The molecule has 2 aliphatic rings. The number of carbonyl (C=O) groups is 3. The summed E-state index contributed by atoms with van der Waals surface area (Å²) >= 11 is 0. The molecule has 0 aromatic carbocycles. The largest absolute Gasteiger partial charge is 0.460 e. The Morgan fingerprint density at radius 1 is 1.21 bits per heavy atom. The van der Waals surface area contributed by atoms with Crippen LogP contribution in [0.25, 0.3) is 0 Å². The summed E-state index contributed by atoms with van der Waals surface area (Å²) in [6.07, 6.45) is 16.7. The lowest BCUT2D eigenvalue weighted by Gasteiger charge is -2.51. The molecule has 0 bridgehead atoms. The van der Waals surface area contributed by atoms with Gasteiger partial charge in [-0.25, -0.2) is 9.78 Å². The van der Waals surface area contributed by atoms with Crippen LogP contribution in [0, 0.1) is 17.3 Å². The molecule has 0 aliphatic carbocycles. The molecule has 258 valence electrons. The van der Waals surface area contributed by atoms with Gasteiger partial charge in [0.1, 0.15) is 18.0 Å². The van der Waals surface area contributed by atoms with Crippen LogP contribution in [0.15, 0.2) is 77.3 Å². The number of nitrogens with one attached hydrogen (secondary N) is 1. The van der Waals surface area contributed by atoms with Gasteiger partial charge in [-0.2, -0.15) is 0 Å². The van der Waals surface area contributed by atoms with E-state index in [9.17, 15) is 29.7 Å².